The number of carbonyl (C=O) groups excluding carboxylic acids is 1. The van der Waals surface area contributed by atoms with Crippen LogP contribution < -0.4 is 10.1 Å². The second kappa shape index (κ2) is 9.71. The van der Waals surface area contributed by atoms with Gasteiger partial charge in [0, 0.05) is 6.54 Å². The van der Waals surface area contributed by atoms with Crippen LogP contribution in [-0.2, 0) is 21.4 Å². The molecule has 0 bridgehead atoms. The van der Waals surface area contributed by atoms with Crippen LogP contribution in [0.1, 0.15) is 23.6 Å². The Morgan fingerprint density at radius 1 is 1.11 bits per heavy atom. The average Bonchev–Trinajstić information content (AvgIpc) is 2.62. The Labute approximate surface area is 167 Å². The number of nitrogens with zero attached hydrogens (tertiary/aromatic N) is 1. The number of hydrogen-bond donors (Lipinski definition) is 1. The highest BCUT2D eigenvalue weighted by atomic mass is 32.2. The fraction of sp³-hybridized carbons (Fsp3) is 0.381. The smallest absolute Gasteiger partial charge is 0.235 e. The summed E-state index contributed by atoms with van der Waals surface area (Å²) in [6.45, 7) is 6.08. The van der Waals surface area contributed by atoms with Crippen molar-refractivity contribution in [3.05, 3.63) is 65.2 Å². The normalized spacial score (nSPS) is 12.6. The highest BCUT2D eigenvalue weighted by molar-refractivity contribution is 7.88. The van der Waals surface area contributed by atoms with Gasteiger partial charge in [-0.15, -0.1) is 0 Å². The van der Waals surface area contributed by atoms with Crippen molar-refractivity contribution in [2.24, 2.45) is 0 Å². The van der Waals surface area contributed by atoms with Crippen LogP contribution in [0, 0.1) is 13.8 Å². The van der Waals surface area contributed by atoms with E-state index in [1.54, 1.807) is 0 Å². The molecule has 2 rings (SSSR count). The number of rotatable bonds is 9. The van der Waals surface area contributed by atoms with Crippen LogP contribution in [0.25, 0.3) is 0 Å². The largest absolute Gasteiger partial charge is 0.491 e. The maximum absolute atomic E-state index is 12.3. The number of carbonyl (C=O) groups is 1. The average molecular weight is 405 g/mol. The number of sulfonamides is 1. The van der Waals surface area contributed by atoms with Crippen molar-refractivity contribution < 1.29 is 17.9 Å². The van der Waals surface area contributed by atoms with E-state index in [9.17, 15) is 13.2 Å². The second-order valence-electron chi connectivity index (χ2n) is 7.04. The summed E-state index contributed by atoms with van der Waals surface area (Å²) in [6, 6.07) is 14.8. The molecule has 0 heterocycles. The summed E-state index contributed by atoms with van der Waals surface area (Å²) in [5, 5.41) is 2.79. The summed E-state index contributed by atoms with van der Waals surface area (Å²) in [6.07, 6.45) is 1.11. The van der Waals surface area contributed by atoms with Gasteiger partial charge in [-0.2, -0.15) is 4.31 Å². The van der Waals surface area contributed by atoms with Gasteiger partial charge >= 0.3 is 0 Å². The van der Waals surface area contributed by atoms with Crippen molar-refractivity contribution in [1.82, 2.24) is 9.62 Å². The Kier molecular flexibility index (Phi) is 7.60. The fourth-order valence-corrected chi connectivity index (χ4v) is 3.36. The summed E-state index contributed by atoms with van der Waals surface area (Å²) in [7, 11) is -3.52. The number of ether oxygens (including phenoxy) is 1. The molecule has 1 unspecified atom stereocenters. The molecule has 28 heavy (non-hydrogen) atoms. The summed E-state index contributed by atoms with van der Waals surface area (Å²) in [5.74, 6) is 0.378. The standard InChI is InChI=1S/C21H28N2O4S/c1-16-10-11-20(12-17(16)2)27-15-18(3)22-21(24)14-23(28(4,25)26)13-19-8-6-5-7-9-19/h5-12,18H,13-15H2,1-4H3,(H,22,24). The van der Waals surface area contributed by atoms with E-state index in [0.29, 0.717) is 6.61 Å². The first kappa shape index (κ1) is 21.9. The Morgan fingerprint density at radius 3 is 2.39 bits per heavy atom. The first-order chi connectivity index (χ1) is 13.1. The summed E-state index contributed by atoms with van der Waals surface area (Å²) in [4.78, 5) is 12.3. The van der Waals surface area contributed by atoms with E-state index in [2.05, 4.69) is 5.32 Å². The van der Waals surface area contributed by atoms with Crippen LogP contribution in [-0.4, -0.2) is 44.1 Å². The van der Waals surface area contributed by atoms with Gasteiger partial charge in [0.25, 0.3) is 0 Å². The lowest BCUT2D eigenvalue weighted by atomic mass is 10.1. The monoisotopic (exact) mass is 404 g/mol. The van der Waals surface area contributed by atoms with Crippen LogP contribution in [0.15, 0.2) is 48.5 Å². The lowest BCUT2D eigenvalue weighted by Gasteiger charge is -2.21. The Bertz CT molecular complexity index is 898. The lowest BCUT2D eigenvalue weighted by Crippen LogP contribution is -2.44. The Balaban J connectivity index is 1.89. The van der Waals surface area contributed by atoms with Crippen LogP contribution >= 0.6 is 0 Å². The molecule has 1 atom stereocenters. The zero-order chi connectivity index (χ0) is 20.7. The van der Waals surface area contributed by atoms with Gasteiger partial charge in [0.2, 0.25) is 15.9 Å². The molecule has 0 radical (unpaired) electrons. The Morgan fingerprint density at radius 2 is 1.79 bits per heavy atom. The molecule has 1 amide bonds. The second-order valence-corrected chi connectivity index (χ2v) is 9.02. The van der Waals surface area contributed by atoms with Gasteiger partial charge in [-0.1, -0.05) is 36.4 Å². The molecule has 6 nitrogen and oxygen atoms in total. The van der Waals surface area contributed by atoms with E-state index < -0.39 is 10.0 Å². The van der Waals surface area contributed by atoms with Gasteiger partial charge in [-0.3, -0.25) is 4.79 Å². The Hall–Kier alpha value is -2.38. The predicted octanol–water partition coefficient (Wildman–Crippen LogP) is 2.65. The number of benzene rings is 2. The molecule has 152 valence electrons. The molecule has 0 saturated heterocycles. The molecule has 1 N–H and O–H groups in total. The number of hydrogen-bond acceptors (Lipinski definition) is 4. The summed E-state index contributed by atoms with van der Waals surface area (Å²) < 4.78 is 31.0. The zero-order valence-corrected chi connectivity index (χ0v) is 17.6. The first-order valence-electron chi connectivity index (χ1n) is 9.13. The minimum Gasteiger partial charge on any atom is -0.491 e. The van der Waals surface area contributed by atoms with Gasteiger partial charge in [-0.25, -0.2) is 8.42 Å². The molecule has 0 aromatic heterocycles. The fourth-order valence-electron chi connectivity index (χ4n) is 2.62. The van der Waals surface area contributed by atoms with E-state index in [1.165, 1.54) is 5.56 Å². The van der Waals surface area contributed by atoms with Gasteiger partial charge in [0.15, 0.2) is 0 Å². The minimum atomic E-state index is -3.52. The van der Waals surface area contributed by atoms with Gasteiger partial charge in [-0.05, 0) is 49.6 Å². The van der Waals surface area contributed by atoms with Crippen molar-refractivity contribution in [3.8, 4) is 5.75 Å². The maximum atomic E-state index is 12.3. The van der Waals surface area contributed by atoms with Crippen molar-refractivity contribution in [2.45, 2.75) is 33.4 Å². The molecule has 0 aliphatic rings. The van der Waals surface area contributed by atoms with Crippen molar-refractivity contribution in [3.63, 3.8) is 0 Å². The molecule has 7 heteroatoms. The van der Waals surface area contributed by atoms with Crippen molar-refractivity contribution >= 4 is 15.9 Å². The van der Waals surface area contributed by atoms with Crippen molar-refractivity contribution in [2.75, 3.05) is 19.4 Å². The SMILES string of the molecule is Cc1ccc(OCC(C)NC(=O)CN(Cc2ccccc2)S(C)(=O)=O)cc1C. The molecule has 2 aromatic carbocycles. The predicted molar refractivity (Wildman–Crippen MR) is 111 cm³/mol. The van der Waals surface area contributed by atoms with E-state index in [4.69, 9.17) is 4.74 Å². The quantitative estimate of drug-likeness (QED) is 0.697. The highest BCUT2D eigenvalue weighted by Crippen LogP contribution is 2.16. The maximum Gasteiger partial charge on any atom is 0.235 e. The molecule has 0 saturated carbocycles. The molecule has 2 aromatic rings. The number of nitrogens with one attached hydrogen (secondary N) is 1. The summed E-state index contributed by atoms with van der Waals surface area (Å²) in [5.41, 5.74) is 3.15. The molecule has 0 spiro atoms. The van der Waals surface area contributed by atoms with Gasteiger partial charge < -0.3 is 10.1 Å². The highest BCUT2D eigenvalue weighted by Gasteiger charge is 2.21. The molecule has 0 fully saturated rings. The van der Waals surface area contributed by atoms with E-state index in [-0.39, 0.29) is 25.0 Å². The van der Waals surface area contributed by atoms with E-state index >= 15 is 0 Å². The third-order valence-corrected chi connectivity index (χ3v) is 5.57. The summed E-state index contributed by atoms with van der Waals surface area (Å²) >= 11 is 0. The van der Waals surface area contributed by atoms with Crippen LogP contribution in [0.2, 0.25) is 0 Å². The van der Waals surface area contributed by atoms with Crippen molar-refractivity contribution in [1.29, 1.82) is 0 Å². The van der Waals surface area contributed by atoms with E-state index in [0.717, 1.165) is 27.4 Å². The third-order valence-electron chi connectivity index (χ3n) is 4.38. The van der Waals surface area contributed by atoms with Crippen LogP contribution in [0.3, 0.4) is 0 Å². The van der Waals surface area contributed by atoms with Gasteiger partial charge in [0.05, 0.1) is 18.8 Å². The van der Waals surface area contributed by atoms with E-state index in [1.807, 2.05) is 69.3 Å². The third kappa shape index (κ3) is 6.98. The number of amides is 1. The molecular weight excluding hydrogens is 376 g/mol. The molecule has 0 aliphatic heterocycles. The lowest BCUT2D eigenvalue weighted by molar-refractivity contribution is -0.122. The number of aryl methyl sites for hydroxylation is 2. The van der Waals surface area contributed by atoms with Gasteiger partial charge in [0.1, 0.15) is 12.4 Å². The zero-order valence-electron chi connectivity index (χ0n) is 16.8. The molecular formula is C21H28N2O4S. The van der Waals surface area contributed by atoms with Crippen LogP contribution in [0.5, 0.6) is 5.75 Å². The molecule has 0 aliphatic carbocycles. The minimum absolute atomic E-state index is 0.153. The van der Waals surface area contributed by atoms with Crippen LogP contribution in [0.4, 0.5) is 0 Å². The topological polar surface area (TPSA) is 75.7 Å². The first-order valence-corrected chi connectivity index (χ1v) is 11.0.